The zero-order chi connectivity index (χ0) is 14.1. The first-order valence-corrected chi connectivity index (χ1v) is 7.58. The van der Waals surface area contributed by atoms with E-state index in [1.807, 2.05) is 0 Å². The van der Waals surface area contributed by atoms with Crippen molar-refractivity contribution in [1.29, 1.82) is 0 Å². The zero-order valence-electron chi connectivity index (χ0n) is 12.5. The average Bonchev–Trinajstić information content (AvgIpc) is 2.85. The van der Waals surface area contributed by atoms with Gasteiger partial charge in [0.2, 0.25) is 0 Å². The van der Waals surface area contributed by atoms with E-state index in [9.17, 15) is 0 Å². The minimum Gasteiger partial charge on any atom is -0.326 e. The highest BCUT2D eigenvalue weighted by molar-refractivity contribution is 5.83. The molecule has 1 fully saturated rings. The normalized spacial score (nSPS) is 22.8. The van der Waals surface area contributed by atoms with Gasteiger partial charge in [0.25, 0.3) is 0 Å². The van der Waals surface area contributed by atoms with E-state index in [1.165, 1.54) is 41.2 Å². The number of hydrogen-bond acceptors (Lipinski definition) is 2. The summed E-state index contributed by atoms with van der Waals surface area (Å²) >= 11 is 0. The maximum Gasteiger partial charge on any atom is 0.0247 e. The lowest BCUT2D eigenvalue weighted by atomic mass is 10.0. The molecule has 1 aliphatic rings. The summed E-state index contributed by atoms with van der Waals surface area (Å²) < 4.78 is 0. The third-order valence-electron chi connectivity index (χ3n) is 4.59. The fourth-order valence-electron chi connectivity index (χ4n) is 3.43. The van der Waals surface area contributed by atoms with Crippen LogP contribution in [0.2, 0.25) is 0 Å². The highest BCUT2D eigenvalue weighted by atomic mass is 15.1. The SMILES string of the molecule is Cc1ccc2cc(CN(C)C3CCCC3N)ccc2c1. The average molecular weight is 268 g/mol. The van der Waals surface area contributed by atoms with Gasteiger partial charge in [-0.3, -0.25) is 4.90 Å². The second-order valence-electron chi connectivity index (χ2n) is 6.26. The molecule has 1 aliphatic carbocycles. The van der Waals surface area contributed by atoms with Crippen LogP contribution in [0.15, 0.2) is 36.4 Å². The third-order valence-corrected chi connectivity index (χ3v) is 4.59. The molecule has 3 rings (SSSR count). The fraction of sp³-hybridized carbons (Fsp3) is 0.444. The molecule has 2 N–H and O–H groups in total. The second-order valence-corrected chi connectivity index (χ2v) is 6.26. The third kappa shape index (κ3) is 2.72. The van der Waals surface area contributed by atoms with E-state index >= 15 is 0 Å². The summed E-state index contributed by atoms with van der Waals surface area (Å²) in [7, 11) is 2.20. The predicted octanol–water partition coefficient (Wildman–Crippen LogP) is 3.46. The van der Waals surface area contributed by atoms with Crippen LogP contribution in [0.3, 0.4) is 0 Å². The molecule has 2 atom stereocenters. The van der Waals surface area contributed by atoms with Crippen LogP contribution in [0.5, 0.6) is 0 Å². The van der Waals surface area contributed by atoms with E-state index in [4.69, 9.17) is 5.73 Å². The number of nitrogens with two attached hydrogens (primary N) is 1. The van der Waals surface area contributed by atoms with Gasteiger partial charge in [-0.05, 0) is 49.2 Å². The number of nitrogens with zero attached hydrogens (tertiary/aromatic N) is 1. The van der Waals surface area contributed by atoms with E-state index in [2.05, 4.69) is 55.3 Å². The Morgan fingerprint density at radius 3 is 2.60 bits per heavy atom. The largest absolute Gasteiger partial charge is 0.326 e. The Morgan fingerprint density at radius 2 is 1.85 bits per heavy atom. The summed E-state index contributed by atoms with van der Waals surface area (Å²) in [5.41, 5.74) is 8.90. The van der Waals surface area contributed by atoms with Crippen molar-refractivity contribution in [2.24, 2.45) is 5.73 Å². The number of fused-ring (bicyclic) bond motifs is 1. The molecule has 2 aromatic rings. The van der Waals surface area contributed by atoms with Crippen molar-refractivity contribution in [3.05, 3.63) is 47.5 Å². The van der Waals surface area contributed by atoms with E-state index in [1.54, 1.807) is 0 Å². The number of hydrogen-bond donors (Lipinski definition) is 1. The molecule has 106 valence electrons. The standard InChI is InChI=1S/C18H24N2/c1-13-6-8-16-11-14(7-9-15(16)10-13)12-20(2)18-5-3-4-17(18)19/h6-11,17-18H,3-5,12,19H2,1-2H3. The topological polar surface area (TPSA) is 29.3 Å². The molecule has 1 saturated carbocycles. The number of rotatable bonds is 3. The molecule has 2 nitrogen and oxygen atoms in total. The Kier molecular flexibility index (Phi) is 3.77. The van der Waals surface area contributed by atoms with Crippen molar-refractivity contribution in [3.63, 3.8) is 0 Å². The van der Waals surface area contributed by atoms with Gasteiger partial charge in [-0.1, -0.05) is 42.3 Å². The summed E-state index contributed by atoms with van der Waals surface area (Å²) in [6, 6.07) is 14.3. The molecular weight excluding hydrogens is 244 g/mol. The summed E-state index contributed by atoms with van der Waals surface area (Å²) in [5, 5.41) is 2.66. The lowest BCUT2D eigenvalue weighted by Crippen LogP contribution is -2.41. The maximum absolute atomic E-state index is 6.20. The molecule has 0 heterocycles. The Morgan fingerprint density at radius 1 is 1.10 bits per heavy atom. The summed E-state index contributed by atoms with van der Waals surface area (Å²) in [6.07, 6.45) is 3.68. The quantitative estimate of drug-likeness (QED) is 0.923. The molecular formula is C18H24N2. The zero-order valence-corrected chi connectivity index (χ0v) is 12.5. The highest BCUT2D eigenvalue weighted by Gasteiger charge is 2.27. The van der Waals surface area contributed by atoms with E-state index in [0.717, 1.165) is 6.54 Å². The highest BCUT2D eigenvalue weighted by Crippen LogP contribution is 2.24. The fourth-order valence-corrected chi connectivity index (χ4v) is 3.43. The van der Waals surface area contributed by atoms with E-state index in [-0.39, 0.29) is 0 Å². The van der Waals surface area contributed by atoms with Crippen LogP contribution in [0.25, 0.3) is 10.8 Å². The van der Waals surface area contributed by atoms with Gasteiger partial charge >= 0.3 is 0 Å². The molecule has 0 bridgehead atoms. The smallest absolute Gasteiger partial charge is 0.0247 e. The summed E-state index contributed by atoms with van der Waals surface area (Å²) in [4.78, 5) is 2.42. The van der Waals surface area contributed by atoms with Gasteiger partial charge in [0, 0.05) is 18.6 Å². The lowest BCUT2D eigenvalue weighted by molar-refractivity contribution is 0.220. The van der Waals surface area contributed by atoms with Gasteiger partial charge in [0.15, 0.2) is 0 Å². The minimum atomic E-state index is 0.350. The monoisotopic (exact) mass is 268 g/mol. The van der Waals surface area contributed by atoms with Crippen molar-refractivity contribution in [3.8, 4) is 0 Å². The van der Waals surface area contributed by atoms with Crippen molar-refractivity contribution >= 4 is 10.8 Å². The number of benzene rings is 2. The van der Waals surface area contributed by atoms with Gasteiger partial charge in [-0.2, -0.15) is 0 Å². The van der Waals surface area contributed by atoms with Crippen molar-refractivity contribution in [2.75, 3.05) is 7.05 Å². The molecule has 0 amide bonds. The Balaban J connectivity index is 1.78. The first-order valence-electron chi connectivity index (χ1n) is 7.58. The predicted molar refractivity (Wildman–Crippen MR) is 85.8 cm³/mol. The molecule has 0 saturated heterocycles. The molecule has 0 spiro atoms. The van der Waals surface area contributed by atoms with Crippen LogP contribution in [0, 0.1) is 6.92 Å². The maximum atomic E-state index is 6.20. The number of aryl methyl sites for hydroxylation is 1. The van der Waals surface area contributed by atoms with Gasteiger partial charge in [0.05, 0.1) is 0 Å². The van der Waals surface area contributed by atoms with Crippen LogP contribution < -0.4 is 5.73 Å². The lowest BCUT2D eigenvalue weighted by Gasteiger charge is -2.27. The minimum absolute atomic E-state index is 0.350. The van der Waals surface area contributed by atoms with Gasteiger partial charge in [0.1, 0.15) is 0 Å². The van der Waals surface area contributed by atoms with E-state index < -0.39 is 0 Å². The molecule has 0 radical (unpaired) electrons. The Hall–Kier alpha value is -1.38. The Labute approximate surface area is 121 Å². The second kappa shape index (κ2) is 5.55. The first kappa shape index (κ1) is 13.6. The molecule has 0 aliphatic heterocycles. The van der Waals surface area contributed by atoms with E-state index in [0.29, 0.717) is 12.1 Å². The molecule has 0 aromatic heterocycles. The molecule has 2 heteroatoms. The first-order chi connectivity index (χ1) is 9.63. The van der Waals surface area contributed by atoms with Crippen LogP contribution >= 0.6 is 0 Å². The van der Waals surface area contributed by atoms with Gasteiger partial charge in [-0.15, -0.1) is 0 Å². The Bertz CT molecular complexity index is 605. The summed E-state index contributed by atoms with van der Waals surface area (Å²) in [6.45, 7) is 3.13. The van der Waals surface area contributed by atoms with Gasteiger partial charge < -0.3 is 5.73 Å². The molecule has 20 heavy (non-hydrogen) atoms. The van der Waals surface area contributed by atoms with Crippen molar-refractivity contribution in [2.45, 2.75) is 44.8 Å². The van der Waals surface area contributed by atoms with Gasteiger partial charge in [-0.25, -0.2) is 0 Å². The van der Waals surface area contributed by atoms with Crippen molar-refractivity contribution < 1.29 is 0 Å². The number of likely N-dealkylation sites (N-methyl/N-ethyl adjacent to an activating group) is 1. The van der Waals surface area contributed by atoms with Crippen LogP contribution in [0.1, 0.15) is 30.4 Å². The molecule has 2 unspecified atom stereocenters. The van der Waals surface area contributed by atoms with Crippen molar-refractivity contribution in [1.82, 2.24) is 4.90 Å². The molecule has 2 aromatic carbocycles. The summed E-state index contributed by atoms with van der Waals surface area (Å²) in [5.74, 6) is 0. The van der Waals surface area contributed by atoms with Crippen LogP contribution in [-0.2, 0) is 6.54 Å². The van der Waals surface area contributed by atoms with Crippen LogP contribution in [-0.4, -0.2) is 24.0 Å². The van der Waals surface area contributed by atoms with Crippen LogP contribution in [0.4, 0.5) is 0 Å².